The zero-order chi connectivity index (χ0) is 11.4. The summed E-state index contributed by atoms with van der Waals surface area (Å²) in [5.74, 6) is 0.667. The van der Waals surface area contributed by atoms with Crippen LogP contribution >= 0.6 is 11.3 Å². The van der Waals surface area contributed by atoms with Gasteiger partial charge < -0.3 is 5.32 Å². The van der Waals surface area contributed by atoms with Crippen LogP contribution in [0.15, 0.2) is 0 Å². The van der Waals surface area contributed by atoms with Crippen LogP contribution in [0.25, 0.3) is 0 Å². The molecule has 0 unspecified atom stereocenters. The van der Waals surface area contributed by atoms with E-state index in [1.807, 2.05) is 0 Å². The van der Waals surface area contributed by atoms with Crippen LogP contribution < -0.4 is 5.32 Å². The molecule has 1 aliphatic rings. The van der Waals surface area contributed by atoms with Gasteiger partial charge in [-0.1, -0.05) is 13.8 Å². The highest BCUT2D eigenvalue weighted by molar-refractivity contribution is 7.11. The van der Waals surface area contributed by atoms with E-state index in [0.717, 1.165) is 44.2 Å². The molecule has 1 fully saturated rings. The number of hydrogen-bond donors (Lipinski definition) is 1. The topological polar surface area (TPSA) is 41.1 Å². The van der Waals surface area contributed by atoms with Gasteiger partial charge in [0, 0.05) is 32.6 Å². The van der Waals surface area contributed by atoms with Crippen molar-refractivity contribution in [1.82, 2.24) is 20.4 Å². The van der Waals surface area contributed by atoms with Gasteiger partial charge in [-0.05, 0) is 5.92 Å². The molecule has 0 bridgehead atoms. The molecular formula is C11H20N4S. The average Bonchev–Trinajstić information content (AvgIpc) is 2.66. The van der Waals surface area contributed by atoms with Crippen LogP contribution in [0.4, 0.5) is 0 Å². The molecule has 4 nitrogen and oxygen atoms in total. The molecule has 5 heteroatoms. The summed E-state index contributed by atoms with van der Waals surface area (Å²) in [6, 6.07) is 0. The molecule has 90 valence electrons. The lowest BCUT2D eigenvalue weighted by Crippen LogP contribution is -2.42. The van der Waals surface area contributed by atoms with Gasteiger partial charge in [0.15, 0.2) is 0 Å². The summed E-state index contributed by atoms with van der Waals surface area (Å²) in [7, 11) is 0. The smallest absolute Gasteiger partial charge is 0.131 e. The molecule has 1 aliphatic heterocycles. The molecule has 16 heavy (non-hydrogen) atoms. The summed E-state index contributed by atoms with van der Waals surface area (Å²) in [6.45, 7) is 9.85. The quantitative estimate of drug-likeness (QED) is 0.857. The highest BCUT2D eigenvalue weighted by Gasteiger charge is 2.13. The predicted molar refractivity (Wildman–Crippen MR) is 66.6 cm³/mol. The Labute approximate surface area is 101 Å². The molecule has 2 heterocycles. The molecule has 0 aromatic carbocycles. The van der Waals surface area contributed by atoms with Crippen molar-refractivity contribution in [2.75, 3.05) is 26.2 Å². The maximum atomic E-state index is 4.27. The molecule has 0 aliphatic carbocycles. The van der Waals surface area contributed by atoms with Gasteiger partial charge in [0.1, 0.15) is 10.0 Å². The lowest BCUT2D eigenvalue weighted by Gasteiger charge is -2.25. The van der Waals surface area contributed by atoms with Crippen molar-refractivity contribution in [2.24, 2.45) is 5.92 Å². The number of piperazine rings is 1. The predicted octanol–water partition coefficient (Wildman–Crippen LogP) is 1.14. The first-order valence-electron chi connectivity index (χ1n) is 5.98. The second-order valence-corrected chi connectivity index (χ2v) is 5.86. The fraction of sp³-hybridized carbons (Fsp3) is 0.818. The number of nitrogens with zero attached hydrogens (tertiary/aromatic N) is 3. The van der Waals surface area contributed by atoms with Gasteiger partial charge in [-0.2, -0.15) is 0 Å². The van der Waals surface area contributed by atoms with E-state index >= 15 is 0 Å². The van der Waals surface area contributed by atoms with Crippen LogP contribution in [0.5, 0.6) is 0 Å². The summed E-state index contributed by atoms with van der Waals surface area (Å²) in [5.41, 5.74) is 0. The summed E-state index contributed by atoms with van der Waals surface area (Å²) >= 11 is 1.77. The largest absolute Gasteiger partial charge is 0.314 e. The van der Waals surface area contributed by atoms with Gasteiger partial charge in [-0.25, -0.2) is 0 Å². The third-order valence-electron chi connectivity index (χ3n) is 2.66. The van der Waals surface area contributed by atoms with Crippen LogP contribution in [0.2, 0.25) is 0 Å². The Kier molecular flexibility index (Phi) is 4.26. The Hall–Kier alpha value is -0.520. The van der Waals surface area contributed by atoms with E-state index in [1.54, 1.807) is 11.3 Å². The van der Waals surface area contributed by atoms with Gasteiger partial charge in [0.25, 0.3) is 0 Å². The molecule has 0 amide bonds. The maximum Gasteiger partial charge on any atom is 0.131 e. The Balaban J connectivity index is 1.86. The summed E-state index contributed by atoms with van der Waals surface area (Å²) < 4.78 is 0. The van der Waals surface area contributed by atoms with E-state index in [-0.39, 0.29) is 0 Å². The molecular weight excluding hydrogens is 220 g/mol. The van der Waals surface area contributed by atoms with E-state index in [9.17, 15) is 0 Å². The third kappa shape index (κ3) is 3.50. The van der Waals surface area contributed by atoms with Crippen molar-refractivity contribution in [2.45, 2.75) is 26.8 Å². The Bertz CT molecular complexity index is 318. The Morgan fingerprint density at radius 2 is 1.94 bits per heavy atom. The van der Waals surface area contributed by atoms with Crippen LogP contribution in [-0.4, -0.2) is 41.3 Å². The van der Waals surface area contributed by atoms with Gasteiger partial charge >= 0.3 is 0 Å². The molecule has 1 aromatic heterocycles. The van der Waals surface area contributed by atoms with Gasteiger partial charge in [-0.3, -0.25) is 4.90 Å². The van der Waals surface area contributed by atoms with Crippen LogP contribution in [-0.2, 0) is 13.0 Å². The molecule has 2 rings (SSSR count). The summed E-state index contributed by atoms with van der Waals surface area (Å²) in [5, 5.41) is 14.2. The lowest BCUT2D eigenvalue weighted by atomic mass is 10.1. The SMILES string of the molecule is CC(C)Cc1nnc(CN2CCNCC2)s1. The van der Waals surface area contributed by atoms with E-state index in [4.69, 9.17) is 0 Å². The van der Waals surface area contributed by atoms with Crippen LogP contribution in [0, 0.1) is 5.92 Å². The summed E-state index contributed by atoms with van der Waals surface area (Å²) in [4.78, 5) is 2.44. The molecule has 0 saturated carbocycles. The van der Waals surface area contributed by atoms with E-state index in [2.05, 4.69) is 34.3 Å². The van der Waals surface area contributed by atoms with Crippen molar-refractivity contribution >= 4 is 11.3 Å². The lowest BCUT2D eigenvalue weighted by molar-refractivity contribution is 0.232. The minimum Gasteiger partial charge on any atom is -0.314 e. The first-order valence-corrected chi connectivity index (χ1v) is 6.80. The van der Waals surface area contributed by atoms with Gasteiger partial charge in [0.05, 0.1) is 6.54 Å². The van der Waals surface area contributed by atoms with Gasteiger partial charge in [-0.15, -0.1) is 21.5 Å². The van der Waals surface area contributed by atoms with Crippen LogP contribution in [0.3, 0.4) is 0 Å². The van der Waals surface area contributed by atoms with Crippen molar-refractivity contribution in [3.05, 3.63) is 10.0 Å². The zero-order valence-electron chi connectivity index (χ0n) is 10.1. The monoisotopic (exact) mass is 240 g/mol. The first kappa shape index (κ1) is 12.0. The first-order chi connectivity index (χ1) is 7.74. The number of hydrogen-bond acceptors (Lipinski definition) is 5. The molecule has 1 saturated heterocycles. The van der Waals surface area contributed by atoms with Crippen molar-refractivity contribution in [3.63, 3.8) is 0 Å². The maximum absolute atomic E-state index is 4.27. The minimum atomic E-state index is 0.667. The second-order valence-electron chi connectivity index (χ2n) is 4.71. The van der Waals surface area contributed by atoms with Crippen molar-refractivity contribution in [3.8, 4) is 0 Å². The third-order valence-corrected chi connectivity index (χ3v) is 3.59. The highest BCUT2D eigenvalue weighted by Crippen LogP contribution is 2.15. The normalized spacial score (nSPS) is 18.2. The van der Waals surface area contributed by atoms with Crippen LogP contribution in [0.1, 0.15) is 23.9 Å². The summed E-state index contributed by atoms with van der Waals surface area (Å²) in [6.07, 6.45) is 1.05. The number of rotatable bonds is 4. The van der Waals surface area contributed by atoms with Crippen molar-refractivity contribution in [1.29, 1.82) is 0 Å². The fourth-order valence-corrected chi connectivity index (χ4v) is 2.94. The number of aromatic nitrogens is 2. The molecule has 0 atom stereocenters. The van der Waals surface area contributed by atoms with Gasteiger partial charge in [0.2, 0.25) is 0 Å². The average molecular weight is 240 g/mol. The van der Waals surface area contributed by atoms with E-state index in [1.165, 1.54) is 5.01 Å². The van der Waals surface area contributed by atoms with E-state index < -0.39 is 0 Å². The minimum absolute atomic E-state index is 0.667. The second kappa shape index (κ2) is 5.70. The molecule has 1 aromatic rings. The Morgan fingerprint density at radius 1 is 1.25 bits per heavy atom. The molecule has 0 spiro atoms. The molecule has 0 radical (unpaired) electrons. The number of nitrogens with one attached hydrogen (secondary N) is 1. The van der Waals surface area contributed by atoms with Crippen molar-refractivity contribution < 1.29 is 0 Å². The highest BCUT2D eigenvalue weighted by atomic mass is 32.1. The molecule has 1 N–H and O–H groups in total. The zero-order valence-corrected chi connectivity index (χ0v) is 10.9. The Morgan fingerprint density at radius 3 is 2.62 bits per heavy atom. The van der Waals surface area contributed by atoms with E-state index in [0.29, 0.717) is 5.92 Å². The standard InChI is InChI=1S/C11H20N4S/c1-9(2)7-10-13-14-11(16-10)8-15-5-3-12-4-6-15/h9,12H,3-8H2,1-2H3. The fourth-order valence-electron chi connectivity index (χ4n) is 1.84.